The molecule has 27 heavy (non-hydrogen) atoms. The standard InChI is InChI=1S/C22H26N2O3/c1-14(2)23-13-17-10-11-19(26-4)21-18(17)12-20(27-21)22(25)24-15(3)16-8-6-5-7-9-16/h5-12,14-15,23H,13H2,1-4H3,(H,24,25)/t15-/m0/s1. The van der Waals surface area contributed by atoms with Gasteiger partial charge in [0.1, 0.15) is 0 Å². The lowest BCUT2D eigenvalue weighted by Crippen LogP contribution is -2.26. The van der Waals surface area contributed by atoms with Gasteiger partial charge in [-0.25, -0.2) is 0 Å². The Bertz CT molecular complexity index is 916. The van der Waals surface area contributed by atoms with Gasteiger partial charge in [0.2, 0.25) is 0 Å². The van der Waals surface area contributed by atoms with Crippen molar-refractivity contribution < 1.29 is 13.9 Å². The maximum atomic E-state index is 12.7. The summed E-state index contributed by atoms with van der Waals surface area (Å²) in [6.45, 7) is 6.84. The van der Waals surface area contributed by atoms with Gasteiger partial charge in [-0.3, -0.25) is 4.79 Å². The van der Waals surface area contributed by atoms with Crippen molar-refractivity contribution in [1.82, 2.24) is 10.6 Å². The van der Waals surface area contributed by atoms with Crippen LogP contribution in [0.1, 0.15) is 48.5 Å². The molecule has 1 atom stereocenters. The monoisotopic (exact) mass is 366 g/mol. The highest BCUT2D eigenvalue weighted by molar-refractivity contribution is 5.98. The maximum Gasteiger partial charge on any atom is 0.287 e. The van der Waals surface area contributed by atoms with Crippen LogP contribution in [0.4, 0.5) is 0 Å². The minimum atomic E-state index is -0.243. The predicted octanol–water partition coefficient (Wildman–Crippen LogP) is 4.43. The number of carbonyl (C=O) groups excluding carboxylic acids is 1. The van der Waals surface area contributed by atoms with Crippen molar-refractivity contribution in [1.29, 1.82) is 0 Å². The van der Waals surface area contributed by atoms with Crippen LogP contribution in [-0.2, 0) is 6.54 Å². The third-order valence-electron chi connectivity index (χ3n) is 4.53. The molecule has 2 aromatic carbocycles. The van der Waals surface area contributed by atoms with Crippen LogP contribution in [0.15, 0.2) is 52.9 Å². The Hall–Kier alpha value is -2.79. The Kier molecular flexibility index (Phi) is 5.81. The van der Waals surface area contributed by atoms with E-state index < -0.39 is 0 Å². The van der Waals surface area contributed by atoms with E-state index in [1.807, 2.05) is 49.4 Å². The van der Waals surface area contributed by atoms with Crippen molar-refractivity contribution >= 4 is 16.9 Å². The van der Waals surface area contributed by atoms with Gasteiger partial charge in [-0.15, -0.1) is 0 Å². The summed E-state index contributed by atoms with van der Waals surface area (Å²) in [6, 6.07) is 15.8. The van der Waals surface area contributed by atoms with Crippen LogP contribution in [0.25, 0.3) is 11.0 Å². The molecule has 0 aliphatic carbocycles. The van der Waals surface area contributed by atoms with Gasteiger partial charge in [-0.1, -0.05) is 50.2 Å². The van der Waals surface area contributed by atoms with Gasteiger partial charge < -0.3 is 19.8 Å². The van der Waals surface area contributed by atoms with E-state index >= 15 is 0 Å². The zero-order valence-electron chi connectivity index (χ0n) is 16.2. The lowest BCUT2D eigenvalue weighted by atomic mass is 10.1. The second kappa shape index (κ2) is 8.27. The number of methoxy groups -OCH3 is 1. The molecule has 0 unspecified atom stereocenters. The average Bonchev–Trinajstić information content (AvgIpc) is 3.12. The third kappa shape index (κ3) is 4.31. The zero-order chi connectivity index (χ0) is 19.4. The Balaban J connectivity index is 1.88. The van der Waals surface area contributed by atoms with Crippen molar-refractivity contribution in [2.75, 3.05) is 7.11 Å². The number of hydrogen-bond acceptors (Lipinski definition) is 4. The fourth-order valence-electron chi connectivity index (χ4n) is 2.99. The van der Waals surface area contributed by atoms with E-state index in [2.05, 4.69) is 24.5 Å². The van der Waals surface area contributed by atoms with Crippen molar-refractivity contribution in [3.8, 4) is 5.75 Å². The van der Waals surface area contributed by atoms with Gasteiger partial charge in [0.05, 0.1) is 13.2 Å². The van der Waals surface area contributed by atoms with E-state index in [1.54, 1.807) is 13.2 Å². The van der Waals surface area contributed by atoms with Crippen LogP contribution in [0, 0.1) is 0 Å². The summed E-state index contributed by atoms with van der Waals surface area (Å²) < 4.78 is 11.3. The smallest absolute Gasteiger partial charge is 0.287 e. The highest BCUT2D eigenvalue weighted by Gasteiger charge is 2.19. The molecule has 5 heteroatoms. The van der Waals surface area contributed by atoms with Gasteiger partial charge in [0, 0.05) is 18.0 Å². The summed E-state index contributed by atoms with van der Waals surface area (Å²) in [7, 11) is 1.60. The number of carbonyl (C=O) groups is 1. The van der Waals surface area contributed by atoms with E-state index in [4.69, 9.17) is 9.15 Å². The molecule has 2 N–H and O–H groups in total. The van der Waals surface area contributed by atoms with Crippen molar-refractivity contribution in [2.45, 2.75) is 39.4 Å². The quantitative estimate of drug-likeness (QED) is 0.649. The van der Waals surface area contributed by atoms with Crippen LogP contribution >= 0.6 is 0 Å². The van der Waals surface area contributed by atoms with Gasteiger partial charge in [0.25, 0.3) is 5.91 Å². The molecule has 1 aromatic heterocycles. The van der Waals surface area contributed by atoms with E-state index in [0.29, 0.717) is 23.9 Å². The van der Waals surface area contributed by atoms with Crippen molar-refractivity contribution in [3.05, 3.63) is 65.4 Å². The van der Waals surface area contributed by atoms with E-state index in [1.165, 1.54) is 0 Å². The number of nitrogens with one attached hydrogen (secondary N) is 2. The Morgan fingerprint density at radius 3 is 2.52 bits per heavy atom. The van der Waals surface area contributed by atoms with E-state index in [-0.39, 0.29) is 17.7 Å². The fourth-order valence-corrected chi connectivity index (χ4v) is 2.99. The molecule has 3 rings (SSSR count). The molecule has 0 aliphatic heterocycles. The normalized spacial score (nSPS) is 12.3. The molecule has 0 spiro atoms. The van der Waals surface area contributed by atoms with Crippen LogP contribution in [0.5, 0.6) is 5.75 Å². The van der Waals surface area contributed by atoms with Crippen LogP contribution in [-0.4, -0.2) is 19.1 Å². The second-order valence-electron chi connectivity index (χ2n) is 6.92. The van der Waals surface area contributed by atoms with Gasteiger partial charge >= 0.3 is 0 Å². The summed E-state index contributed by atoms with van der Waals surface area (Å²) in [4.78, 5) is 12.7. The predicted molar refractivity (Wildman–Crippen MR) is 107 cm³/mol. The SMILES string of the molecule is COc1ccc(CNC(C)C)c2cc(C(=O)N[C@@H](C)c3ccccc3)oc12. The molecule has 0 aliphatic rings. The minimum absolute atomic E-state index is 0.115. The maximum absolute atomic E-state index is 12.7. The Morgan fingerprint density at radius 1 is 1.11 bits per heavy atom. The lowest BCUT2D eigenvalue weighted by Gasteiger charge is -2.12. The Morgan fingerprint density at radius 2 is 1.85 bits per heavy atom. The topological polar surface area (TPSA) is 63.5 Å². The number of furan rings is 1. The molecular formula is C22H26N2O3. The van der Waals surface area contributed by atoms with Crippen molar-refractivity contribution in [2.24, 2.45) is 0 Å². The molecular weight excluding hydrogens is 340 g/mol. The molecule has 0 bridgehead atoms. The number of fused-ring (bicyclic) bond motifs is 1. The summed E-state index contributed by atoms with van der Waals surface area (Å²) in [6.07, 6.45) is 0. The third-order valence-corrected chi connectivity index (χ3v) is 4.53. The Labute approximate surface area is 159 Å². The molecule has 3 aromatic rings. The molecule has 5 nitrogen and oxygen atoms in total. The first-order valence-corrected chi connectivity index (χ1v) is 9.18. The first-order valence-electron chi connectivity index (χ1n) is 9.18. The van der Waals surface area contributed by atoms with Crippen LogP contribution < -0.4 is 15.4 Å². The largest absolute Gasteiger partial charge is 0.493 e. The average molecular weight is 366 g/mol. The first-order chi connectivity index (χ1) is 13.0. The zero-order valence-corrected chi connectivity index (χ0v) is 16.2. The summed E-state index contributed by atoms with van der Waals surface area (Å²) in [5, 5.41) is 7.28. The minimum Gasteiger partial charge on any atom is -0.493 e. The molecule has 1 heterocycles. The molecule has 0 radical (unpaired) electrons. The van der Waals surface area contributed by atoms with Crippen LogP contribution in [0.2, 0.25) is 0 Å². The summed E-state index contributed by atoms with van der Waals surface area (Å²) in [5.74, 6) is 0.656. The van der Waals surface area contributed by atoms with Gasteiger partial charge in [0.15, 0.2) is 17.1 Å². The number of ether oxygens (including phenoxy) is 1. The van der Waals surface area contributed by atoms with Crippen molar-refractivity contribution in [3.63, 3.8) is 0 Å². The first kappa shape index (κ1) is 19.0. The second-order valence-corrected chi connectivity index (χ2v) is 6.92. The van der Waals surface area contributed by atoms with Gasteiger partial charge in [-0.05, 0) is 30.2 Å². The molecule has 1 amide bonds. The number of benzene rings is 2. The van der Waals surface area contributed by atoms with Gasteiger partial charge in [-0.2, -0.15) is 0 Å². The van der Waals surface area contributed by atoms with E-state index in [9.17, 15) is 4.79 Å². The molecule has 0 saturated heterocycles. The van der Waals surface area contributed by atoms with E-state index in [0.717, 1.165) is 16.5 Å². The summed E-state index contributed by atoms with van der Waals surface area (Å²) in [5.41, 5.74) is 2.71. The van der Waals surface area contributed by atoms with Crippen LogP contribution in [0.3, 0.4) is 0 Å². The molecule has 142 valence electrons. The fraction of sp³-hybridized carbons (Fsp3) is 0.318. The number of amides is 1. The molecule has 0 fully saturated rings. The summed E-state index contributed by atoms with van der Waals surface area (Å²) >= 11 is 0. The molecule has 0 saturated carbocycles. The number of rotatable bonds is 7. The number of hydrogen-bond donors (Lipinski definition) is 2. The highest BCUT2D eigenvalue weighted by atomic mass is 16.5. The lowest BCUT2D eigenvalue weighted by molar-refractivity contribution is 0.0914. The highest BCUT2D eigenvalue weighted by Crippen LogP contribution is 2.32.